The highest BCUT2D eigenvalue weighted by Crippen LogP contribution is 2.31. The van der Waals surface area contributed by atoms with E-state index < -0.39 is 0 Å². The first kappa shape index (κ1) is 18.6. The standard InChI is InChI=1S/C22H21N5O2S/c1-12(2)14-5-8-18-17(10-14)23-21(29-18)25-20-9-13(3)26-27(20)22-24-16-7-6-15(28-4)11-19(16)30-22/h5-12H,1-4H3,(H,23,25). The molecule has 0 bridgehead atoms. The number of rotatable bonds is 5. The number of thiazole rings is 1. The molecule has 0 spiro atoms. The Morgan fingerprint density at radius 3 is 2.73 bits per heavy atom. The third-order valence-electron chi connectivity index (χ3n) is 4.91. The Kier molecular flexibility index (Phi) is 4.43. The highest BCUT2D eigenvalue weighted by atomic mass is 32.1. The summed E-state index contributed by atoms with van der Waals surface area (Å²) in [7, 11) is 1.66. The fraction of sp³-hybridized carbons (Fsp3) is 0.227. The molecule has 8 heteroatoms. The van der Waals surface area contributed by atoms with Crippen LogP contribution in [-0.4, -0.2) is 26.9 Å². The highest BCUT2D eigenvalue weighted by Gasteiger charge is 2.16. The van der Waals surface area contributed by atoms with Crippen molar-refractivity contribution < 1.29 is 9.15 Å². The number of hydrogen-bond donors (Lipinski definition) is 1. The lowest BCUT2D eigenvalue weighted by atomic mass is 10.0. The Hall–Kier alpha value is -3.39. The van der Waals surface area contributed by atoms with Gasteiger partial charge in [-0.15, -0.1) is 0 Å². The van der Waals surface area contributed by atoms with Gasteiger partial charge < -0.3 is 9.15 Å². The first-order chi connectivity index (χ1) is 14.5. The van der Waals surface area contributed by atoms with Crippen molar-refractivity contribution in [2.24, 2.45) is 0 Å². The average molecular weight is 420 g/mol. The largest absolute Gasteiger partial charge is 0.497 e. The lowest BCUT2D eigenvalue weighted by Crippen LogP contribution is -2.02. The first-order valence-electron chi connectivity index (χ1n) is 9.69. The lowest BCUT2D eigenvalue weighted by molar-refractivity contribution is 0.415. The second kappa shape index (κ2) is 7.14. The van der Waals surface area contributed by atoms with Gasteiger partial charge in [-0.1, -0.05) is 31.3 Å². The van der Waals surface area contributed by atoms with Crippen LogP contribution in [0.1, 0.15) is 31.0 Å². The van der Waals surface area contributed by atoms with Crippen LogP contribution in [0.5, 0.6) is 5.75 Å². The van der Waals surface area contributed by atoms with E-state index in [2.05, 4.69) is 41.4 Å². The van der Waals surface area contributed by atoms with E-state index in [-0.39, 0.29) is 0 Å². The monoisotopic (exact) mass is 419 g/mol. The van der Waals surface area contributed by atoms with Crippen molar-refractivity contribution in [3.8, 4) is 10.9 Å². The van der Waals surface area contributed by atoms with Gasteiger partial charge in [-0.05, 0) is 48.7 Å². The summed E-state index contributed by atoms with van der Waals surface area (Å²) in [5.41, 5.74) is 4.58. The van der Waals surface area contributed by atoms with Crippen molar-refractivity contribution in [2.45, 2.75) is 26.7 Å². The number of fused-ring (bicyclic) bond motifs is 2. The quantitative estimate of drug-likeness (QED) is 0.387. The summed E-state index contributed by atoms with van der Waals surface area (Å²) < 4.78 is 14.0. The maximum atomic E-state index is 5.90. The smallest absolute Gasteiger partial charge is 0.301 e. The maximum Gasteiger partial charge on any atom is 0.301 e. The van der Waals surface area contributed by atoms with E-state index in [4.69, 9.17) is 14.1 Å². The van der Waals surface area contributed by atoms with Gasteiger partial charge in [-0.25, -0.2) is 4.98 Å². The normalized spacial score (nSPS) is 11.6. The molecule has 5 rings (SSSR count). The molecule has 0 saturated heterocycles. The Balaban J connectivity index is 1.51. The van der Waals surface area contributed by atoms with Crippen LogP contribution in [-0.2, 0) is 0 Å². The molecule has 5 aromatic rings. The molecule has 1 N–H and O–H groups in total. The van der Waals surface area contributed by atoms with Crippen LogP contribution < -0.4 is 10.1 Å². The van der Waals surface area contributed by atoms with Crippen molar-refractivity contribution >= 4 is 44.5 Å². The first-order valence-corrected chi connectivity index (χ1v) is 10.5. The Bertz CT molecular complexity index is 1360. The summed E-state index contributed by atoms with van der Waals surface area (Å²) in [6, 6.07) is 14.3. The SMILES string of the molecule is COc1ccc2nc(-n3nc(C)cc3Nc3nc4cc(C(C)C)ccc4o3)sc2c1. The number of aromatic nitrogens is 4. The summed E-state index contributed by atoms with van der Waals surface area (Å²) in [6.07, 6.45) is 0. The van der Waals surface area contributed by atoms with Crippen molar-refractivity contribution in [3.05, 3.63) is 53.7 Å². The number of anilines is 2. The molecule has 30 heavy (non-hydrogen) atoms. The number of methoxy groups -OCH3 is 1. The zero-order valence-corrected chi connectivity index (χ0v) is 17.9. The van der Waals surface area contributed by atoms with E-state index in [0.29, 0.717) is 11.9 Å². The number of oxazole rings is 1. The molecule has 0 fully saturated rings. The van der Waals surface area contributed by atoms with E-state index in [9.17, 15) is 0 Å². The molecule has 152 valence electrons. The van der Waals surface area contributed by atoms with Crippen molar-refractivity contribution in [1.82, 2.24) is 19.7 Å². The number of hydrogen-bond acceptors (Lipinski definition) is 7. The molecule has 0 aliphatic rings. The van der Waals surface area contributed by atoms with Crippen molar-refractivity contribution in [2.75, 3.05) is 12.4 Å². The minimum absolute atomic E-state index is 0.426. The average Bonchev–Trinajstić information content (AvgIpc) is 3.42. The van der Waals surface area contributed by atoms with Crippen molar-refractivity contribution in [3.63, 3.8) is 0 Å². The van der Waals surface area contributed by atoms with Crippen LogP contribution in [0.4, 0.5) is 11.8 Å². The van der Waals surface area contributed by atoms with Crippen LogP contribution in [0.25, 0.3) is 26.4 Å². The van der Waals surface area contributed by atoms with Crippen LogP contribution in [0.3, 0.4) is 0 Å². The molecule has 0 aliphatic heterocycles. The number of ether oxygens (including phenoxy) is 1. The Morgan fingerprint density at radius 1 is 1.07 bits per heavy atom. The number of nitrogens with zero attached hydrogens (tertiary/aromatic N) is 4. The molecule has 0 amide bonds. The van der Waals surface area contributed by atoms with Crippen LogP contribution in [0, 0.1) is 6.92 Å². The minimum atomic E-state index is 0.426. The van der Waals surface area contributed by atoms with E-state index in [1.54, 1.807) is 23.1 Å². The topological polar surface area (TPSA) is 78.0 Å². The molecule has 2 aromatic carbocycles. The molecular formula is C22H21N5O2S. The fourth-order valence-electron chi connectivity index (χ4n) is 3.31. The van der Waals surface area contributed by atoms with Gasteiger partial charge in [-0.2, -0.15) is 14.8 Å². The van der Waals surface area contributed by atoms with Gasteiger partial charge in [0.25, 0.3) is 0 Å². The zero-order chi connectivity index (χ0) is 20.8. The van der Waals surface area contributed by atoms with E-state index in [1.807, 2.05) is 37.3 Å². The van der Waals surface area contributed by atoms with Gasteiger partial charge in [0.2, 0.25) is 5.13 Å². The van der Waals surface area contributed by atoms with E-state index in [1.165, 1.54) is 5.56 Å². The third kappa shape index (κ3) is 3.29. The Morgan fingerprint density at radius 2 is 1.93 bits per heavy atom. The second-order valence-electron chi connectivity index (χ2n) is 7.44. The Labute approximate surface area is 177 Å². The highest BCUT2D eigenvalue weighted by molar-refractivity contribution is 7.20. The number of nitrogens with one attached hydrogen (secondary N) is 1. The summed E-state index contributed by atoms with van der Waals surface area (Å²) in [5, 5.41) is 8.63. The molecule has 0 atom stereocenters. The molecule has 0 unspecified atom stereocenters. The van der Waals surface area contributed by atoms with E-state index in [0.717, 1.165) is 43.7 Å². The van der Waals surface area contributed by atoms with E-state index >= 15 is 0 Å². The predicted molar refractivity (Wildman–Crippen MR) is 119 cm³/mol. The molecule has 3 aromatic heterocycles. The third-order valence-corrected chi connectivity index (χ3v) is 5.90. The molecular weight excluding hydrogens is 398 g/mol. The summed E-state index contributed by atoms with van der Waals surface area (Å²) in [4.78, 5) is 9.33. The van der Waals surface area contributed by atoms with Crippen LogP contribution in [0.15, 0.2) is 46.9 Å². The van der Waals surface area contributed by atoms with Gasteiger partial charge in [0.15, 0.2) is 5.58 Å². The molecule has 0 saturated carbocycles. The summed E-state index contributed by atoms with van der Waals surface area (Å²) >= 11 is 1.55. The van der Waals surface area contributed by atoms with Crippen LogP contribution in [0.2, 0.25) is 0 Å². The number of benzene rings is 2. The predicted octanol–water partition coefficient (Wildman–Crippen LogP) is 5.81. The molecule has 0 aliphatic carbocycles. The maximum absolute atomic E-state index is 5.90. The van der Waals surface area contributed by atoms with Crippen molar-refractivity contribution in [1.29, 1.82) is 0 Å². The minimum Gasteiger partial charge on any atom is -0.497 e. The second-order valence-corrected chi connectivity index (χ2v) is 8.45. The zero-order valence-electron chi connectivity index (χ0n) is 17.1. The van der Waals surface area contributed by atoms with Gasteiger partial charge >= 0.3 is 6.01 Å². The van der Waals surface area contributed by atoms with Crippen LogP contribution >= 0.6 is 11.3 Å². The van der Waals surface area contributed by atoms with Gasteiger partial charge in [0.05, 0.1) is 23.0 Å². The molecule has 0 radical (unpaired) electrons. The fourth-order valence-corrected chi connectivity index (χ4v) is 4.27. The summed E-state index contributed by atoms with van der Waals surface area (Å²) in [5.74, 6) is 1.98. The number of aryl methyl sites for hydroxylation is 1. The molecule has 7 nitrogen and oxygen atoms in total. The molecule has 3 heterocycles. The summed E-state index contributed by atoms with van der Waals surface area (Å²) in [6.45, 7) is 6.27. The van der Waals surface area contributed by atoms with Gasteiger partial charge in [0.1, 0.15) is 17.1 Å². The van der Waals surface area contributed by atoms with Gasteiger partial charge in [0, 0.05) is 6.07 Å². The van der Waals surface area contributed by atoms with Gasteiger partial charge in [-0.3, -0.25) is 5.32 Å². The lowest BCUT2D eigenvalue weighted by Gasteiger charge is -2.03.